The van der Waals surface area contributed by atoms with Crippen molar-refractivity contribution in [3.05, 3.63) is 94.8 Å². The molecule has 3 rings (SSSR count). The largest absolute Gasteiger partial charge is 0.352 e. The van der Waals surface area contributed by atoms with E-state index in [1.807, 2.05) is 60.9 Å². The van der Waals surface area contributed by atoms with E-state index in [-0.39, 0.29) is 11.9 Å². The van der Waals surface area contributed by atoms with Gasteiger partial charge in [0.15, 0.2) is 0 Å². The summed E-state index contributed by atoms with van der Waals surface area (Å²) in [6, 6.07) is 19.7. The molecule has 1 heterocycles. The summed E-state index contributed by atoms with van der Waals surface area (Å²) in [5, 5.41) is 3.70. The van der Waals surface area contributed by atoms with E-state index in [1.165, 1.54) is 11.1 Å². The average molecular weight is 353 g/mol. The predicted molar refractivity (Wildman–Crippen MR) is 102 cm³/mol. The number of amides is 1. The molecule has 1 amide bonds. The van der Waals surface area contributed by atoms with E-state index in [2.05, 4.69) is 28.9 Å². The minimum absolute atomic E-state index is 0.0126. The van der Waals surface area contributed by atoms with Crippen molar-refractivity contribution in [2.24, 2.45) is 0 Å². The minimum atomic E-state index is -0.0126. The highest BCUT2D eigenvalue weighted by Crippen LogP contribution is 2.25. The third kappa shape index (κ3) is 4.52. The van der Waals surface area contributed by atoms with Crippen LogP contribution in [0, 0.1) is 6.92 Å². The number of halogens is 1. The van der Waals surface area contributed by atoms with Crippen molar-refractivity contribution >= 4 is 17.5 Å². The molecular formula is C21H21ClN2O. The van der Waals surface area contributed by atoms with Crippen molar-refractivity contribution in [3.63, 3.8) is 0 Å². The molecule has 1 atom stereocenters. The minimum Gasteiger partial charge on any atom is -0.352 e. The fourth-order valence-electron chi connectivity index (χ4n) is 2.94. The summed E-state index contributed by atoms with van der Waals surface area (Å²) >= 11 is 5.89. The van der Waals surface area contributed by atoms with E-state index < -0.39 is 0 Å². The Balaban J connectivity index is 1.71. The smallest absolute Gasteiger partial charge is 0.222 e. The Kier molecular flexibility index (Phi) is 5.56. The van der Waals surface area contributed by atoms with E-state index >= 15 is 0 Å². The van der Waals surface area contributed by atoms with Crippen molar-refractivity contribution in [1.82, 2.24) is 9.88 Å². The summed E-state index contributed by atoms with van der Waals surface area (Å²) in [6.07, 6.45) is 4.40. The molecular weight excluding hydrogens is 332 g/mol. The Bertz CT molecular complexity index is 825. The van der Waals surface area contributed by atoms with Gasteiger partial charge in [-0.1, -0.05) is 48.0 Å². The molecule has 3 aromatic rings. The molecule has 0 unspecified atom stereocenters. The van der Waals surface area contributed by atoms with Gasteiger partial charge in [-0.25, -0.2) is 0 Å². The maximum Gasteiger partial charge on any atom is 0.222 e. The molecule has 0 saturated carbocycles. The van der Waals surface area contributed by atoms with Crippen LogP contribution >= 0.6 is 11.6 Å². The van der Waals surface area contributed by atoms with Gasteiger partial charge in [-0.2, -0.15) is 0 Å². The molecule has 2 aromatic carbocycles. The molecule has 0 spiro atoms. The standard InChI is InChI=1S/C21H21ClN2O/c1-16-6-2-3-7-19(16)20(24-12-4-5-13-24)14-21(25)23-15-17-8-10-18(22)11-9-17/h2-13,20H,14-15H2,1H3,(H,23,25)/t20-/m0/s1. The summed E-state index contributed by atoms with van der Waals surface area (Å²) in [5.74, 6) is 0.0249. The van der Waals surface area contributed by atoms with Crippen LogP contribution in [0.4, 0.5) is 0 Å². The van der Waals surface area contributed by atoms with Gasteiger partial charge in [-0.3, -0.25) is 4.79 Å². The van der Waals surface area contributed by atoms with E-state index in [1.54, 1.807) is 0 Å². The number of aryl methyl sites for hydroxylation is 1. The zero-order valence-electron chi connectivity index (χ0n) is 14.2. The Morgan fingerprint density at radius 1 is 1.04 bits per heavy atom. The van der Waals surface area contributed by atoms with Crippen LogP contribution in [0.5, 0.6) is 0 Å². The number of carbonyl (C=O) groups is 1. The van der Waals surface area contributed by atoms with E-state index in [4.69, 9.17) is 11.6 Å². The lowest BCUT2D eigenvalue weighted by molar-refractivity contribution is -0.121. The second-order valence-electron chi connectivity index (χ2n) is 6.11. The highest BCUT2D eigenvalue weighted by molar-refractivity contribution is 6.30. The molecule has 25 heavy (non-hydrogen) atoms. The molecule has 3 nitrogen and oxygen atoms in total. The third-order valence-corrected chi connectivity index (χ3v) is 4.57. The fourth-order valence-corrected chi connectivity index (χ4v) is 3.07. The van der Waals surface area contributed by atoms with Crippen LogP contribution in [0.25, 0.3) is 0 Å². The lowest BCUT2D eigenvalue weighted by Gasteiger charge is -2.21. The second kappa shape index (κ2) is 8.04. The van der Waals surface area contributed by atoms with Crippen LogP contribution in [0.1, 0.15) is 29.2 Å². The van der Waals surface area contributed by atoms with Gasteiger partial charge >= 0.3 is 0 Å². The first-order chi connectivity index (χ1) is 12.1. The maximum atomic E-state index is 12.5. The number of hydrogen-bond donors (Lipinski definition) is 1. The van der Waals surface area contributed by atoms with Gasteiger partial charge in [-0.05, 0) is 47.9 Å². The number of hydrogen-bond acceptors (Lipinski definition) is 1. The molecule has 0 bridgehead atoms. The molecule has 1 aromatic heterocycles. The number of benzene rings is 2. The molecule has 0 radical (unpaired) electrons. The Hall–Kier alpha value is -2.52. The summed E-state index contributed by atoms with van der Waals surface area (Å²) in [5.41, 5.74) is 3.39. The van der Waals surface area contributed by atoms with Gasteiger partial charge in [0.05, 0.1) is 12.5 Å². The molecule has 0 aliphatic rings. The van der Waals surface area contributed by atoms with Crippen molar-refractivity contribution in [1.29, 1.82) is 0 Å². The molecule has 0 aliphatic heterocycles. The normalized spacial score (nSPS) is 11.9. The molecule has 1 N–H and O–H groups in total. The first-order valence-electron chi connectivity index (χ1n) is 8.32. The highest BCUT2D eigenvalue weighted by Gasteiger charge is 2.18. The molecule has 0 aliphatic carbocycles. The Morgan fingerprint density at radius 3 is 2.40 bits per heavy atom. The van der Waals surface area contributed by atoms with E-state index in [9.17, 15) is 4.79 Å². The van der Waals surface area contributed by atoms with Crippen LogP contribution < -0.4 is 5.32 Å². The zero-order valence-corrected chi connectivity index (χ0v) is 14.9. The van der Waals surface area contributed by atoms with Gasteiger partial charge in [0.2, 0.25) is 5.91 Å². The molecule has 0 saturated heterocycles. The fraction of sp³-hybridized carbons (Fsp3) is 0.190. The van der Waals surface area contributed by atoms with Gasteiger partial charge < -0.3 is 9.88 Å². The first-order valence-corrected chi connectivity index (χ1v) is 8.70. The third-order valence-electron chi connectivity index (χ3n) is 4.32. The number of nitrogens with one attached hydrogen (secondary N) is 1. The predicted octanol–water partition coefficient (Wildman–Crippen LogP) is 4.75. The quantitative estimate of drug-likeness (QED) is 0.682. The van der Waals surface area contributed by atoms with Gasteiger partial charge in [0.1, 0.15) is 0 Å². The van der Waals surface area contributed by atoms with Gasteiger partial charge in [-0.15, -0.1) is 0 Å². The average Bonchev–Trinajstić information content (AvgIpc) is 3.14. The number of aromatic nitrogens is 1. The van der Waals surface area contributed by atoms with Crippen LogP contribution in [-0.4, -0.2) is 10.5 Å². The lowest BCUT2D eigenvalue weighted by atomic mass is 9.98. The Labute approximate surface area is 153 Å². The number of nitrogens with zero attached hydrogens (tertiary/aromatic N) is 1. The monoisotopic (exact) mass is 352 g/mol. The first kappa shape index (κ1) is 17.3. The van der Waals surface area contributed by atoms with Crippen molar-refractivity contribution in [3.8, 4) is 0 Å². The van der Waals surface area contributed by atoms with E-state index in [0.717, 1.165) is 5.56 Å². The van der Waals surface area contributed by atoms with Crippen LogP contribution in [0.15, 0.2) is 73.1 Å². The zero-order chi connectivity index (χ0) is 17.6. The van der Waals surface area contributed by atoms with Crippen molar-refractivity contribution in [2.75, 3.05) is 0 Å². The summed E-state index contributed by atoms with van der Waals surface area (Å²) in [4.78, 5) is 12.5. The summed E-state index contributed by atoms with van der Waals surface area (Å²) in [7, 11) is 0. The molecule has 128 valence electrons. The van der Waals surface area contributed by atoms with Crippen LogP contribution in [-0.2, 0) is 11.3 Å². The van der Waals surface area contributed by atoms with Gasteiger partial charge in [0.25, 0.3) is 0 Å². The van der Waals surface area contributed by atoms with Crippen LogP contribution in [0.2, 0.25) is 5.02 Å². The van der Waals surface area contributed by atoms with E-state index in [0.29, 0.717) is 18.0 Å². The maximum absolute atomic E-state index is 12.5. The second-order valence-corrected chi connectivity index (χ2v) is 6.55. The van der Waals surface area contributed by atoms with Crippen molar-refractivity contribution < 1.29 is 4.79 Å². The van der Waals surface area contributed by atoms with Gasteiger partial charge in [0, 0.05) is 24.0 Å². The van der Waals surface area contributed by atoms with Crippen molar-refractivity contribution in [2.45, 2.75) is 25.9 Å². The summed E-state index contributed by atoms with van der Waals surface area (Å²) < 4.78 is 2.09. The highest BCUT2D eigenvalue weighted by atomic mass is 35.5. The molecule has 0 fully saturated rings. The van der Waals surface area contributed by atoms with Crippen LogP contribution in [0.3, 0.4) is 0 Å². The Morgan fingerprint density at radius 2 is 1.72 bits per heavy atom. The number of carbonyl (C=O) groups excluding carboxylic acids is 1. The SMILES string of the molecule is Cc1ccccc1[C@H](CC(=O)NCc1ccc(Cl)cc1)n1cccc1. The number of rotatable bonds is 6. The summed E-state index contributed by atoms with van der Waals surface area (Å²) in [6.45, 7) is 2.58. The topological polar surface area (TPSA) is 34.0 Å². The lowest BCUT2D eigenvalue weighted by Crippen LogP contribution is -2.26. The molecule has 4 heteroatoms.